The topological polar surface area (TPSA) is 115 Å². The number of aromatic nitrogens is 1. The summed E-state index contributed by atoms with van der Waals surface area (Å²) >= 11 is 1.91. The molecule has 0 spiro atoms. The molecule has 0 aliphatic heterocycles. The first-order valence-electron chi connectivity index (χ1n) is 10.4. The van der Waals surface area contributed by atoms with Gasteiger partial charge in [0.05, 0.1) is 16.1 Å². The summed E-state index contributed by atoms with van der Waals surface area (Å²) < 4.78 is 49.5. The van der Waals surface area contributed by atoms with E-state index in [4.69, 9.17) is 4.74 Å². The fourth-order valence-corrected chi connectivity index (χ4v) is 5.42. The van der Waals surface area contributed by atoms with Crippen LogP contribution in [0.25, 0.3) is 0 Å². The zero-order valence-corrected chi connectivity index (χ0v) is 22.1. The van der Waals surface area contributed by atoms with Crippen LogP contribution in [0.1, 0.15) is 40.0 Å². The molecule has 1 aromatic heterocycles. The van der Waals surface area contributed by atoms with Crippen LogP contribution in [-0.4, -0.2) is 35.7 Å². The van der Waals surface area contributed by atoms with E-state index in [-0.39, 0.29) is 23.6 Å². The lowest BCUT2D eigenvalue weighted by atomic mass is 10.2. The number of aldehydes is 1. The van der Waals surface area contributed by atoms with Gasteiger partial charge < -0.3 is 9.53 Å². The van der Waals surface area contributed by atoms with Crippen LogP contribution in [0.2, 0.25) is 0 Å². The molecule has 0 bridgehead atoms. The summed E-state index contributed by atoms with van der Waals surface area (Å²) in [6, 6.07) is 6.42. The maximum absolute atomic E-state index is 15.1. The molecule has 1 aliphatic carbocycles. The smallest absolute Gasteiger partial charge is 0.420 e. The number of pyridine rings is 1. The highest BCUT2D eigenvalue weighted by Crippen LogP contribution is 2.47. The Kier molecular flexibility index (Phi) is 7.14. The molecule has 2 aromatic rings. The Morgan fingerprint density at radius 1 is 1.29 bits per heavy atom. The number of ether oxygens (including phenoxy) is 1. The number of carbonyl (C=O) groups excluding carboxylic acids is 2. The van der Waals surface area contributed by atoms with Crippen LogP contribution in [0.3, 0.4) is 0 Å². The van der Waals surface area contributed by atoms with E-state index in [1.165, 1.54) is 25.2 Å². The van der Waals surface area contributed by atoms with Crippen LogP contribution in [0.15, 0.2) is 35.1 Å². The molecule has 3 rings (SSSR count). The van der Waals surface area contributed by atoms with Gasteiger partial charge in [-0.3, -0.25) is 14.1 Å². The molecule has 9 nitrogen and oxygen atoms in total. The van der Waals surface area contributed by atoms with Crippen molar-refractivity contribution in [3.8, 4) is 0 Å². The molecule has 1 aromatic carbocycles. The van der Waals surface area contributed by atoms with Gasteiger partial charge in [0.2, 0.25) is 10.0 Å². The minimum absolute atomic E-state index is 0.136. The molecule has 1 aliphatic rings. The minimum atomic E-state index is -4.08. The van der Waals surface area contributed by atoms with Gasteiger partial charge in [-0.15, -0.1) is 0 Å². The van der Waals surface area contributed by atoms with Gasteiger partial charge in [0.15, 0.2) is 0 Å². The monoisotopic (exact) mass is 605 g/mol. The van der Waals surface area contributed by atoms with E-state index in [1.54, 1.807) is 26.8 Å². The van der Waals surface area contributed by atoms with Crippen LogP contribution in [-0.2, 0) is 26.6 Å². The van der Waals surface area contributed by atoms with Crippen molar-refractivity contribution in [1.82, 2.24) is 4.57 Å². The van der Waals surface area contributed by atoms with Gasteiger partial charge >= 0.3 is 6.09 Å². The largest absolute Gasteiger partial charge is 0.443 e. The lowest BCUT2D eigenvalue weighted by Crippen LogP contribution is -2.38. The molecule has 1 amide bonds. The average molecular weight is 605 g/mol. The van der Waals surface area contributed by atoms with Crippen LogP contribution in [0.5, 0.6) is 0 Å². The van der Waals surface area contributed by atoms with Crippen LogP contribution in [0, 0.1) is 9.39 Å². The summed E-state index contributed by atoms with van der Waals surface area (Å²) in [4.78, 5) is 37.7. The van der Waals surface area contributed by atoms with E-state index in [1.807, 2.05) is 22.6 Å². The molecule has 0 saturated heterocycles. The van der Waals surface area contributed by atoms with Crippen LogP contribution < -0.4 is 15.2 Å². The fourth-order valence-electron chi connectivity index (χ4n) is 3.37. The second-order valence-corrected chi connectivity index (χ2v) is 12.4. The van der Waals surface area contributed by atoms with Crippen molar-refractivity contribution in [3.63, 3.8) is 0 Å². The number of anilines is 3. The lowest BCUT2D eigenvalue weighted by Gasteiger charge is -2.30. The Morgan fingerprint density at radius 2 is 1.94 bits per heavy atom. The average Bonchev–Trinajstić information content (AvgIpc) is 3.49. The van der Waals surface area contributed by atoms with Crippen molar-refractivity contribution in [1.29, 1.82) is 0 Å². The maximum atomic E-state index is 15.1. The second kappa shape index (κ2) is 9.29. The molecule has 1 heterocycles. The molecule has 0 radical (unpaired) electrons. The van der Waals surface area contributed by atoms with Gasteiger partial charge in [0, 0.05) is 23.1 Å². The quantitative estimate of drug-likeness (QED) is 0.376. The Hall–Kier alpha value is -2.48. The van der Waals surface area contributed by atoms with E-state index in [0.29, 0.717) is 22.7 Å². The Morgan fingerprint density at radius 3 is 2.47 bits per heavy atom. The normalized spacial score (nSPS) is 14.9. The number of rotatable bonds is 7. The molecule has 1 saturated carbocycles. The number of carbonyl (C=O) groups is 2. The summed E-state index contributed by atoms with van der Waals surface area (Å²) in [7, 11) is -2.75. The molecule has 12 heteroatoms. The van der Waals surface area contributed by atoms with Gasteiger partial charge in [0.1, 0.15) is 23.5 Å². The van der Waals surface area contributed by atoms with Crippen LogP contribution in [0.4, 0.5) is 26.4 Å². The van der Waals surface area contributed by atoms with Gasteiger partial charge in [0.25, 0.3) is 5.56 Å². The summed E-state index contributed by atoms with van der Waals surface area (Å²) in [5.41, 5.74) is -1.90. The number of hydrogen-bond donors (Lipinski definition) is 1. The molecule has 34 heavy (non-hydrogen) atoms. The predicted octanol–water partition coefficient (Wildman–Crippen LogP) is 4.07. The maximum Gasteiger partial charge on any atom is 0.420 e. The van der Waals surface area contributed by atoms with Crippen molar-refractivity contribution in [3.05, 3.63) is 50.1 Å². The van der Waals surface area contributed by atoms with E-state index in [9.17, 15) is 22.8 Å². The lowest BCUT2D eigenvalue weighted by molar-refractivity contribution is -0.108. The zero-order chi connectivity index (χ0) is 25.5. The van der Waals surface area contributed by atoms with Crippen molar-refractivity contribution < 1.29 is 27.1 Å². The van der Waals surface area contributed by atoms with Gasteiger partial charge in [-0.05, 0) is 80.5 Å². The van der Waals surface area contributed by atoms with Crippen molar-refractivity contribution in [2.24, 2.45) is 7.05 Å². The predicted molar refractivity (Wildman–Crippen MR) is 134 cm³/mol. The number of halogens is 2. The third-order valence-corrected chi connectivity index (χ3v) is 8.17. The third-order valence-electron chi connectivity index (χ3n) is 5.30. The molecule has 1 fully saturated rings. The number of amides is 1. The van der Waals surface area contributed by atoms with Crippen LogP contribution >= 0.6 is 22.6 Å². The molecule has 1 N–H and O–H groups in total. The first-order chi connectivity index (χ1) is 15.7. The van der Waals surface area contributed by atoms with Gasteiger partial charge in [-0.25, -0.2) is 22.5 Å². The van der Waals surface area contributed by atoms with E-state index < -0.39 is 37.8 Å². The van der Waals surface area contributed by atoms with Crippen molar-refractivity contribution >= 4 is 62.2 Å². The molecule has 0 unspecified atom stereocenters. The Labute approximate surface area is 210 Å². The molecule has 0 atom stereocenters. The molecular weight excluding hydrogens is 580 g/mol. The number of sulfonamides is 1. The first kappa shape index (κ1) is 26.1. The van der Waals surface area contributed by atoms with Crippen molar-refractivity contribution in [2.75, 3.05) is 9.62 Å². The fraction of sp³-hybridized carbons (Fsp3) is 0.409. The summed E-state index contributed by atoms with van der Waals surface area (Å²) in [5.74, 6) is -1.00. The number of hydrogen-bond acceptors (Lipinski definition) is 6. The second-order valence-electron chi connectivity index (χ2n) is 9.04. The number of nitrogens with one attached hydrogen (secondary N) is 1. The Bertz CT molecular complexity index is 1300. The highest BCUT2D eigenvalue weighted by atomic mass is 127. The van der Waals surface area contributed by atoms with E-state index in [2.05, 4.69) is 4.72 Å². The van der Waals surface area contributed by atoms with Gasteiger partial charge in [-0.1, -0.05) is 0 Å². The number of nitrogens with zero attached hydrogens (tertiary/aromatic N) is 2. The standard InChI is InChI=1S/C22H25FIN3O6S/c1-21(2,3)33-20(30)27(17-7-5-14(24)13-15(17)23)19-16(6-8-18(29)26(19)4)25-34(31,32)22(9-10-22)11-12-28/h5-8,12-13,25H,9-11H2,1-4H3. The first-order valence-corrected chi connectivity index (χ1v) is 12.9. The Balaban J connectivity index is 2.23. The van der Waals surface area contributed by atoms with E-state index in [0.717, 1.165) is 15.5 Å². The highest BCUT2D eigenvalue weighted by molar-refractivity contribution is 14.1. The van der Waals surface area contributed by atoms with Gasteiger partial charge in [-0.2, -0.15) is 0 Å². The molecule has 184 valence electrons. The zero-order valence-electron chi connectivity index (χ0n) is 19.1. The highest BCUT2D eigenvalue weighted by Gasteiger charge is 2.54. The van der Waals surface area contributed by atoms with Crippen molar-refractivity contribution in [2.45, 2.75) is 50.4 Å². The summed E-state index contributed by atoms with van der Waals surface area (Å²) in [5, 5.41) is 0. The minimum Gasteiger partial charge on any atom is -0.443 e. The number of benzene rings is 1. The SMILES string of the molecule is Cn1c(N(C(=O)OC(C)(C)C)c2ccc(I)cc2F)c(NS(=O)(=O)C2(CC=O)CC2)ccc1=O. The third kappa shape index (κ3) is 5.27. The summed E-state index contributed by atoms with van der Waals surface area (Å²) in [6.07, 6.45) is -0.0662. The summed E-state index contributed by atoms with van der Waals surface area (Å²) in [6.45, 7) is 4.87. The molecular formula is C22H25FIN3O6S. The van der Waals surface area contributed by atoms with E-state index >= 15 is 4.39 Å².